The van der Waals surface area contributed by atoms with E-state index in [9.17, 15) is 9.59 Å². The summed E-state index contributed by atoms with van der Waals surface area (Å²) in [5, 5.41) is 0. The highest BCUT2D eigenvalue weighted by atomic mass is 16.6. The Bertz CT molecular complexity index is 1170. The van der Waals surface area contributed by atoms with Gasteiger partial charge in [-0.3, -0.25) is 0 Å². The van der Waals surface area contributed by atoms with Gasteiger partial charge in [0, 0.05) is 68.4 Å². The van der Waals surface area contributed by atoms with Gasteiger partial charge in [-0.15, -0.1) is 0 Å². The number of fused-ring (bicyclic) bond motifs is 4. The summed E-state index contributed by atoms with van der Waals surface area (Å²) < 4.78 is 12.5. The molecule has 0 aliphatic carbocycles. The predicted octanol–water partition coefficient (Wildman–Crippen LogP) is 7.19. The van der Waals surface area contributed by atoms with Crippen LogP contribution in [0.2, 0.25) is 0 Å². The maximum absolute atomic E-state index is 12.9. The number of benzene rings is 2. The third kappa shape index (κ3) is 6.18. The SMILES string of the molecule is C=CC1=C(/C=C\C)C(=O)OC12c1ccc(N(C)C)cc1Oc1cc(N(C)C)ccc12.CC(C)=O.CCCC. The lowest BCUT2D eigenvalue weighted by atomic mass is 9.77. The molecular formula is C32H42N2O4. The Morgan fingerprint density at radius 2 is 1.37 bits per heavy atom. The molecule has 1 spiro atoms. The van der Waals surface area contributed by atoms with Crippen molar-refractivity contribution >= 4 is 23.1 Å². The monoisotopic (exact) mass is 518 g/mol. The van der Waals surface area contributed by atoms with Crippen LogP contribution in [0.4, 0.5) is 11.4 Å². The number of anilines is 2. The molecule has 4 rings (SSSR count). The zero-order chi connectivity index (χ0) is 28.6. The zero-order valence-electron chi connectivity index (χ0n) is 24.3. The molecule has 0 bridgehead atoms. The van der Waals surface area contributed by atoms with Crippen LogP contribution in [-0.4, -0.2) is 39.9 Å². The Labute approximate surface area is 228 Å². The van der Waals surface area contributed by atoms with Gasteiger partial charge in [0.25, 0.3) is 0 Å². The van der Waals surface area contributed by atoms with Gasteiger partial charge in [0.1, 0.15) is 17.3 Å². The number of nitrogens with zero attached hydrogens (tertiary/aromatic N) is 2. The second-order valence-electron chi connectivity index (χ2n) is 9.76. The van der Waals surface area contributed by atoms with E-state index in [2.05, 4.69) is 20.4 Å². The molecule has 2 aromatic carbocycles. The van der Waals surface area contributed by atoms with Crippen LogP contribution in [0, 0.1) is 0 Å². The molecule has 6 heteroatoms. The molecule has 0 unspecified atom stereocenters. The minimum atomic E-state index is -1.09. The van der Waals surface area contributed by atoms with E-state index < -0.39 is 5.60 Å². The molecule has 2 heterocycles. The summed E-state index contributed by atoms with van der Waals surface area (Å²) in [4.78, 5) is 26.4. The van der Waals surface area contributed by atoms with Gasteiger partial charge in [-0.1, -0.05) is 51.5 Å². The van der Waals surface area contributed by atoms with Crippen molar-refractivity contribution in [1.29, 1.82) is 0 Å². The van der Waals surface area contributed by atoms with Crippen LogP contribution in [0.3, 0.4) is 0 Å². The molecule has 0 N–H and O–H groups in total. The summed E-state index contributed by atoms with van der Waals surface area (Å²) in [5.74, 6) is 1.13. The first-order valence-electron chi connectivity index (χ1n) is 13.0. The lowest BCUT2D eigenvalue weighted by molar-refractivity contribution is -0.144. The molecule has 2 aliphatic heterocycles. The Kier molecular flexibility index (Phi) is 10.5. The van der Waals surface area contributed by atoms with Crippen molar-refractivity contribution in [3.8, 4) is 11.5 Å². The number of allylic oxidation sites excluding steroid dienone is 1. The number of carbonyl (C=O) groups is 2. The third-order valence-electron chi connectivity index (χ3n) is 6.11. The number of carbonyl (C=O) groups excluding carboxylic acids is 2. The molecule has 0 amide bonds. The topological polar surface area (TPSA) is 59.1 Å². The molecule has 0 aromatic heterocycles. The van der Waals surface area contributed by atoms with Crippen molar-refractivity contribution < 1.29 is 19.1 Å². The lowest BCUT2D eigenvalue weighted by Gasteiger charge is -2.38. The number of hydrogen-bond donors (Lipinski definition) is 0. The predicted molar refractivity (Wildman–Crippen MR) is 157 cm³/mol. The van der Waals surface area contributed by atoms with Crippen molar-refractivity contribution in [2.45, 2.75) is 53.1 Å². The standard InChI is InChI=1S/C25H26N2O3.C4H10.C3H6O/c1-7-9-18-19(8-2)25(30-24(18)28)20-12-10-16(26(3)4)14-22(20)29-23-15-17(27(5)6)11-13-21(23)25;1-3-4-2;1-3(2)4/h7-15H,2H2,1,3-6H3;3-4H2,1-2H3;1-2H3/b9-7-;;. The highest BCUT2D eigenvalue weighted by Crippen LogP contribution is 2.57. The fourth-order valence-corrected chi connectivity index (χ4v) is 4.12. The van der Waals surface area contributed by atoms with Crippen LogP contribution in [0.1, 0.15) is 58.6 Å². The zero-order valence-corrected chi connectivity index (χ0v) is 24.3. The first-order chi connectivity index (χ1) is 18.0. The fraction of sp³-hybridized carbons (Fsp3) is 0.375. The summed E-state index contributed by atoms with van der Waals surface area (Å²) in [5.41, 5.74) is 3.73. The molecule has 0 fully saturated rings. The molecule has 0 saturated heterocycles. The van der Waals surface area contributed by atoms with Crippen LogP contribution >= 0.6 is 0 Å². The minimum Gasteiger partial charge on any atom is -0.456 e. The molecule has 204 valence electrons. The Morgan fingerprint density at radius 3 is 1.71 bits per heavy atom. The summed E-state index contributed by atoms with van der Waals surface area (Å²) in [7, 11) is 7.92. The van der Waals surface area contributed by atoms with E-state index in [0.29, 0.717) is 17.1 Å². The Morgan fingerprint density at radius 1 is 0.921 bits per heavy atom. The normalized spacial score (nSPS) is 14.3. The number of unbranched alkanes of at least 4 members (excludes halogenated alkanes) is 1. The molecule has 38 heavy (non-hydrogen) atoms. The molecule has 6 nitrogen and oxygen atoms in total. The van der Waals surface area contributed by atoms with Crippen LogP contribution in [0.25, 0.3) is 0 Å². The van der Waals surface area contributed by atoms with Gasteiger partial charge < -0.3 is 24.1 Å². The first-order valence-corrected chi connectivity index (χ1v) is 13.0. The molecule has 0 radical (unpaired) electrons. The Hall–Kier alpha value is -3.80. The molecule has 0 saturated carbocycles. The van der Waals surface area contributed by atoms with Crippen molar-refractivity contribution in [2.24, 2.45) is 0 Å². The average molecular weight is 519 g/mol. The molecule has 0 atom stereocenters. The Balaban J connectivity index is 0.000000559. The van der Waals surface area contributed by atoms with Crippen molar-refractivity contribution in [3.63, 3.8) is 0 Å². The number of hydrogen-bond acceptors (Lipinski definition) is 6. The summed E-state index contributed by atoms with van der Waals surface area (Å²) >= 11 is 0. The number of rotatable bonds is 5. The lowest BCUT2D eigenvalue weighted by Crippen LogP contribution is -2.34. The minimum absolute atomic E-state index is 0.167. The molecule has 2 aliphatic rings. The largest absolute Gasteiger partial charge is 0.456 e. The van der Waals surface area contributed by atoms with Gasteiger partial charge in [-0.2, -0.15) is 0 Å². The second-order valence-corrected chi connectivity index (χ2v) is 9.76. The van der Waals surface area contributed by atoms with E-state index in [0.717, 1.165) is 28.1 Å². The maximum Gasteiger partial charge on any atom is 0.340 e. The first kappa shape index (κ1) is 30.4. The quantitative estimate of drug-likeness (QED) is 0.391. The smallest absolute Gasteiger partial charge is 0.340 e. The van der Waals surface area contributed by atoms with Gasteiger partial charge in [-0.05, 0) is 45.0 Å². The highest BCUT2D eigenvalue weighted by Gasteiger charge is 2.53. The number of ether oxygens (including phenoxy) is 2. The third-order valence-corrected chi connectivity index (χ3v) is 6.11. The average Bonchev–Trinajstić information content (AvgIpc) is 3.14. The van der Waals surface area contributed by atoms with E-state index in [4.69, 9.17) is 9.47 Å². The van der Waals surface area contributed by atoms with Crippen LogP contribution < -0.4 is 14.5 Å². The molecule has 2 aromatic rings. The number of Topliss-reactive ketones (excluding diaryl/α,β-unsaturated/α-hetero) is 1. The maximum atomic E-state index is 12.9. The summed E-state index contributed by atoms with van der Waals surface area (Å²) in [6, 6.07) is 11.9. The highest BCUT2D eigenvalue weighted by molar-refractivity contribution is 5.98. The summed E-state index contributed by atoms with van der Waals surface area (Å²) in [6.45, 7) is 13.3. The number of esters is 1. The van der Waals surface area contributed by atoms with Crippen LogP contribution in [0.15, 0.2) is 72.4 Å². The van der Waals surface area contributed by atoms with E-state index in [1.165, 1.54) is 26.7 Å². The summed E-state index contributed by atoms with van der Waals surface area (Å²) in [6.07, 6.45) is 7.98. The van der Waals surface area contributed by atoms with Crippen molar-refractivity contribution in [2.75, 3.05) is 38.0 Å². The van der Waals surface area contributed by atoms with E-state index in [-0.39, 0.29) is 11.8 Å². The number of ketones is 1. The van der Waals surface area contributed by atoms with Gasteiger partial charge >= 0.3 is 5.97 Å². The van der Waals surface area contributed by atoms with Crippen molar-refractivity contribution in [1.82, 2.24) is 0 Å². The van der Waals surface area contributed by atoms with Gasteiger partial charge in [-0.25, -0.2) is 4.79 Å². The van der Waals surface area contributed by atoms with Gasteiger partial charge in [0.15, 0.2) is 5.60 Å². The molecular weight excluding hydrogens is 476 g/mol. The fourth-order valence-electron chi connectivity index (χ4n) is 4.12. The van der Waals surface area contributed by atoms with Crippen LogP contribution in [0.5, 0.6) is 11.5 Å². The van der Waals surface area contributed by atoms with E-state index >= 15 is 0 Å². The van der Waals surface area contributed by atoms with Crippen LogP contribution in [-0.2, 0) is 19.9 Å². The van der Waals surface area contributed by atoms with Gasteiger partial charge in [0.2, 0.25) is 0 Å². The van der Waals surface area contributed by atoms with E-state index in [1.54, 1.807) is 12.2 Å². The second kappa shape index (κ2) is 13.1. The van der Waals surface area contributed by atoms with Gasteiger partial charge in [0.05, 0.1) is 5.57 Å². The van der Waals surface area contributed by atoms with Crippen molar-refractivity contribution in [3.05, 3.63) is 83.5 Å². The van der Waals surface area contributed by atoms with E-state index in [1.807, 2.05) is 87.4 Å².